The Bertz CT molecular complexity index is 476. The number of rotatable bonds is 5. The van der Waals surface area contributed by atoms with Crippen molar-refractivity contribution in [2.45, 2.75) is 26.4 Å². The van der Waals surface area contributed by atoms with Gasteiger partial charge in [0.15, 0.2) is 0 Å². The van der Waals surface area contributed by atoms with Crippen LogP contribution >= 0.6 is 0 Å². The third-order valence-corrected chi connectivity index (χ3v) is 2.80. The minimum absolute atomic E-state index is 0.134. The molecule has 18 heavy (non-hydrogen) atoms. The highest BCUT2D eigenvalue weighted by molar-refractivity contribution is 5.75. The lowest BCUT2D eigenvalue weighted by molar-refractivity contribution is -0.132. The van der Waals surface area contributed by atoms with Gasteiger partial charge in [-0.15, -0.1) is 0 Å². The fourth-order valence-electron chi connectivity index (χ4n) is 1.85. The average Bonchev–Trinajstić information content (AvgIpc) is 2.91. The van der Waals surface area contributed by atoms with Gasteiger partial charge in [-0.2, -0.15) is 0 Å². The van der Waals surface area contributed by atoms with Crippen LogP contribution in [0.5, 0.6) is 0 Å². The summed E-state index contributed by atoms with van der Waals surface area (Å²) in [7, 11) is 0. The van der Waals surface area contributed by atoms with Crippen molar-refractivity contribution >= 4 is 5.91 Å². The Morgan fingerprint density at radius 1 is 1.11 bits per heavy atom. The lowest BCUT2D eigenvalue weighted by Crippen LogP contribution is -2.29. The average molecular weight is 243 g/mol. The maximum atomic E-state index is 11.9. The van der Waals surface area contributed by atoms with E-state index in [1.54, 1.807) is 6.26 Å². The van der Waals surface area contributed by atoms with Crippen molar-refractivity contribution in [2.75, 3.05) is 0 Å². The summed E-state index contributed by atoms with van der Waals surface area (Å²) in [6.45, 7) is 3.02. The van der Waals surface area contributed by atoms with Crippen LogP contribution < -0.4 is 0 Å². The normalized spacial score (nSPS) is 10.3. The molecule has 0 aliphatic carbocycles. The van der Waals surface area contributed by atoms with Crippen LogP contribution in [-0.2, 0) is 17.9 Å². The van der Waals surface area contributed by atoms with E-state index in [1.165, 1.54) is 0 Å². The number of carbonyl (C=O) groups excluding carboxylic acids is 1. The van der Waals surface area contributed by atoms with Crippen molar-refractivity contribution in [3.8, 4) is 0 Å². The molecule has 94 valence electrons. The number of benzene rings is 1. The lowest BCUT2D eigenvalue weighted by Gasteiger charge is -2.21. The van der Waals surface area contributed by atoms with E-state index in [1.807, 2.05) is 54.3 Å². The van der Waals surface area contributed by atoms with Gasteiger partial charge in [-0.1, -0.05) is 37.3 Å². The fourth-order valence-corrected chi connectivity index (χ4v) is 1.85. The molecule has 0 fully saturated rings. The number of furan rings is 1. The van der Waals surface area contributed by atoms with Crippen molar-refractivity contribution in [3.63, 3.8) is 0 Å². The highest BCUT2D eigenvalue weighted by Gasteiger charge is 2.13. The van der Waals surface area contributed by atoms with E-state index in [-0.39, 0.29) is 5.91 Å². The maximum Gasteiger partial charge on any atom is 0.222 e. The van der Waals surface area contributed by atoms with Crippen LogP contribution in [0.2, 0.25) is 0 Å². The SMILES string of the molecule is CCC(=O)N(Cc1ccccc1)Cc1ccco1. The van der Waals surface area contributed by atoms with Gasteiger partial charge >= 0.3 is 0 Å². The van der Waals surface area contributed by atoms with E-state index < -0.39 is 0 Å². The van der Waals surface area contributed by atoms with Crippen LogP contribution in [0.1, 0.15) is 24.7 Å². The smallest absolute Gasteiger partial charge is 0.222 e. The molecule has 0 atom stereocenters. The predicted octanol–water partition coefficient (Wildman–Crippen LogP) is 3.22. The Balaban J connectivity index is 2.08. The summed E-state index contributed by atoms with van der Waals surface area (Å²) in [6.07, 6.45) is 2.14. The van der Waals surface area contributed by atoms with Crippen LogP contribution in [0.25, 0.3) is 0 Å². The highest BCUT2D eigenvalue weighted by atomic mass is 16.3. The molecule has 1 amide bonds. The lowest BCUT2D eigenvalue weighted by atomic mass is 10.2. The summed E-state index contributed by atoms with van der Waals surface area (Å²) in [4.78, 5) is 13.7. The molecule has 3 heteroatoms. The second kappa shape index (κ2) is 6.05. The Hall–Kier alpha value is -2.03. The molecule has 1 aromatic carbocycles. The monoisotopic (exact) mass is 243 g/mol. The van der Waals surface area contributed by atoms with Gasteiger partial charge in [0.2, 0.25) is 5.91 Å². The Morgan fingerprint density at radius 2 is 1.89 bits per heavy atom. The molecule has 3 nitrogen and oxygen atoms in total. The van der Waals surface area contributed by atoms with Crippen LogP contribution in [0.4, 0.5) is 0 Å². The van der Waals surface area contributed by atoms with E-state index in [4.69, 9.17) is 4.42 Å². The third-order valence-electron chi connectivity index (χ3n) is 2.80. The zero-order valence-electron chi connectivity index (χ0n) is 10.5. The van der Waals surface area contributed by atoms with Gasteiger partial charge in [-0.3, -0.25) is 4.79 Å². The second-order valence-corrected chi connectivity index (χ2v) is 4.17. The number of hydrogen-bond donors (Lipinski definition) is 0. The van der Waals surface area contributed by atoms with Crippen LogP contribution in [-0.4, -0.2) is 10.8 Å². The van der Waals surface area contributed by atoms with E-state index in [9.17, 15) is 4.79 Å². The van der Waals surface area contributed by atoms with E-state index in [0.29, 0.717) is 19.5 Å². The van der Waals surface area contributed by atoms with Gasteiger partial charge in [0.25, 0.3) is 0 Å². The number of nitrogens with zero attached hydrogens (tertiary/aromatic N) is 1. The van der Waals surface area contributed by atoms with Crippen LogP contribution in [0.15, 0.2) is 53.1 Å². The quantitative estimate of drug-likeness (QED) is 0.807. The number of carbonyl (C=O) groups is 1. The van der Waals surface area contributed by atoms with Gasteiger partial charge < -0.3 is 9.32 Å². The largest absolute Gasteiger partial charge is 0.467 e. The molecule has 0 unspecified atom stereocenters. The Kier molecular flexibility index (Phi) is 4.18. The van der Waals surface area contributed by atoms with Crippen molar-refractivity contribution in [1.29, 1.82) is 0 Å². The first-order chi connectivity index (χ1) is 8.79. The summed E-state index contributed by atoms with van der Waals surface area (Å²) >= 11 is 0. The summed E-state index contributed by atoms with van der Waals surface area (Å²) in [6, 6.07) is 13.7. The summed E-state index contributed by atoms with van der Waals surface area (Å²) in [5, 5.41) is 0. The van der Waals surface area contributed by atoms with Gasteiger partial charge in [0.05, 0.1) is 12.8 Å². The molecule has 0 N–H and O–H groups in total. The number of amides is 1. The summed E-state index contributed by atoms with van der Waals surface area (Å²) in [5.41, 5.74) is 1.13. The zero-order chi connectivity index (χ0) is 12.8. The topological polar surface area (TPSA) is 33.5 Å². The van der Waals surface area contributed by atoms with Gasteiger partial charge in [-0.25, -0.2) is 0 Å². The Morgan fingerprint density at radius 3 is 2.50 bits per heavy atom. The third kappa shape index (κ3) is 3.23. The van der Waals surface area contributed by atoms with Crippen LogP contribution in [0.3, 0.4) is 0 Å². The standard InChI is InChI=1S/C15H17NO2/c1-2-15(17)16(12-14-9-6-10-18-14)11-13-7-4-3-5-8-13/h3-10H,2,11-12H2,1H3. The van der Waals surface area contributed by atoms with Crippen molar-refractivity contribution in [3.05, 3.63) is 60.1 Å². The molecule has 0 saturated carbocycles. The van der Waals surface area contributed by atoms with Gasteiger partial charge in [0.1, 0.15) is 5.76 Å². The summed E-state index contributed by atoms with van der Waals surface area (Å²) < 4.78 is 5.30. The number of hydrogen-bond acceptors (Lipinski definition) is 2. The fraction of sp³-hybridized carbons (Fsp3) is 0.267. The maximum absolute atomic E-state index is 11.9. The van der Waals surface area contributed by atoms with Crippen LogP contribution in [0, 0.1) is 0 Å². The van der Waals surface area contributed by atoms with E-state index >= 15 is 0 Å². The molecule has 2 aromatic rings. The predicted molar refractivity (Wildman–Crippen MR) is 69.7 cm³/mol. The molecule has 0 saturated heterocycles. The van der Waals surface area contributed by atoms with E-state index in [2.05, 4.69) is 0 Å². The second-order valence-electron chi connectivity index (χ2n) is 4.17. The molecule has 0 radical (unpaired) electrons. The first-order valence-corrected chi connectivity index (χ1v) is 6.13. The van der Waals surface area contributed by atoms with Gasteiger partial charge in [0, 0.05) is 13.0 Å². The molecule has 0 aliphatic rings. The molecule has 2 rings (SSSR count). The van der Waals surface area contributed by atoms with E-state index in [0.717, 1.165) is 11.3 Å². The molecule has 1 heterocycles. The first kappa shape index (κ1) is 12.4. The molecule has 0 aliphatic heterocycles. The molecule has 1 aromatic heterocycles. The van der Waals surface area contributed by atoms with Crippen molar-refractivity contribution in [1.82, 2.24) is 4.90 Å². The molecule has 0 spiro atoms. The van der Waals surface area contributed by atoms with Crippen molar-refractivity contribution < 1.29 is 9.21 Å². The highest BCUT2D eigenvalue weighted by Crippen LogP contribution is 2.11. The van der Waals surface area contributed by atoms with Crippen molar-refractivity contribution in [2.24, 2.45) is 0 Å². The molecule has 0 bridgehead atoms. The zero-order valence-corrected chi connectivity index (χ0v) is 10.5. The molecular formula is C15H17NO2. The minimum Gasteiger partial charge on any atom is -0.467 e. The summed E-state index contributed by atoms with van der Waals surface area (Å²) in [5.74, 6) is 0.947. The minimum atomic E-state index is 0.134. The Labute approximate surface area is 107 Å². The first-order valence-electron chi connectivity index (χ1n) is 6.13. The van der Waals surface area contributed by atoms with Gasteiger partial charge in [-0.05, 0) is 17.7 Å². The molecular weight excluding hydrogens is 226 g/mol.